The van der Waals surface area contributed by atoms with Crippen molar-refractivity contribution in [2.45, 2.75) is 39.4 Å². The first kappa shape index (κ1) is 18.2. The highest BCUT2D eigenvalue weighted by molar-refractivity contribution is 5.75. The molecule has 0 spiro atoms. The Morgan fingerprint density at radius 2 is 1.48 bits per heavy atom. The number of para-hydroxylation sites is 2. The third-order valence-corrected chi connectivity index (χ3v) is 5.55. The number of hydrogen-bond donors (Lipinski definition) is 0. The third-order valence-electron chi connectivity index (χ3n) is 5.55. The minimum atomic E-state index is 0.956. The largest absolute Gasteiger partial charge is 0.327 e. The van der Waals surface area contributed by atoms with E-state index in [0.717, 1.165) is 51.3 Å². The summed E-state index contributed by atoms with van der Waals surface area (Å²) in [5.74, 6) is 1.22. The Labute approximate surface area is 162 Å². The smallest absolute Gasteiger partial charge is 0.124 e. The van der Waals surface area contributed by atoms with E-state index in [4.69, 9.17) is 4.98 Å². The van der Waals surface area contributed by atoms with Crippen LogP contribution in [0.15, 0.2) is 54.6 Å². The van der Waals surface area contributed by atoms with Crippen LogP contribution in [0.3, 0.4) is 0 Å². The van der Waals surface area contributed by atoms with Gasteiger partial charge in [0, 0.05) is 39.3 Å². The van der Waals surface area contributed by atoms with Crippen LogP contribution in [0.4, 0.5) is 0 Å². The van der Waals surface area contributed by atoms with Crippen molar-refractivity contribution in [3.05, 3.63) is 66.0 Å². The standard InChI is InChI=1S/C23H30N4/c1-2-3-13-27-22-12-8-7-11-21(22)24-23(27)19-26-16-14-25(15-17-26)18-20-9-5-4-6-10-20/h4-12H,2-3,13-19H2,1H3. The van der Waals surface area contributed by atoms with E-state index >= 15 is 0 Å². The van der Waals surface area contributed by atoms with Crippen LogP contribution < -0.4 is 0 Å². The Bertz CT molecular complexity index is 847. The maximum Gasteiger partial charge on any atom is 0.124 e. The van der Waals surface area contributed by atoms with Crippen molar-refractivity contribution in [2.24, 2.45) is 0 Å². The number of benzene rings is 2. The zero-order valence-electron chi connectivity index (χ0n) is 16.3. The molecule has 0 N–H and O–H groups in total. The zero-order valence-corrected chi connectivity index (χ0v) is 16.3. The Morgan fingerprint density at radius 1 is 0.815 bits per heavy atom. The average Bonchev–Trinajstić information content (AvgIpc) is 3.05. The molecule has 1 aromatic heterocycles. The molecule has 142 valence electrons. The van der Waals surface area contributed by atoms with E-state index in [0.29, 0.717) is 0 Å². The molecule has 0 saturated carbocycles. The van der Waals surface area contributed by atoms with E-state index < -0.39 is 0 Å². The molecular weight excluding hydrogens is 332 g/mol. The SMILES string of the molecule is CCCCn1c(CN2CCN(Cc3ccccc3)CC2)nc2ccccc21. The molecule has 1 saturated heterocycles. The molecule has 4 rings (SSSR count). The van der Waals surface area contributed by atoms with Crippen LogP contribution >= 0.6 is 0 Å². The number of rotatable bonds is 7. The van der Waals surface area contributed by atoms with Gasteiger partial charge in [-0.25, -0.2) is 4.98 Å². The molecule has 0 atom stereocenters. The van der Waals surface area contributed by atoms with Crippen LogP contribution in [0.5, 0.6) is 0 Å². The molecule has 4 heteroatoms. The highest BCUT2D eigenvalue weighted by Crippen LogP contribution is 2.19. The fraction of sp³-hybridized carbons (Fsp3) is 0.435. The lowest BCUT2D eigenvalue weighted by Crippen LogP contribution is -2.45. The van der Waals surface area contributed by atoms with Gasteiger partial charge in [0.2, 0.25) is 0 Å². The molecule has 1 fully saturated rings. The summed E-state index contributed by atoms with van der Waals surface area (Å²) < 4.78 is 2.44. The average molecular weight is 363 g/mol. The fourth-order valence-electron chi connectivity index (χ4n) is 3.96. The van der Waals surface area contributed by atoms with Gasteiger partial charge in [0.25, 0.3) is 0 Å². The minimum Gasteiger partial charge on any atom is -0.327 e. The number of unbranched alkanes of at least 4 members (excludes halogenated alkanes) is 1. The number of imidazole rings is 1. The minimum absolute atomic E-state index is 0.956. The molecule has 0 bridgehead atoms. The maximum absolute atomic E-state index is 4.95. The lowest BCUT2D eigenvalue weighted by Gasteiger charge is -2.34. The summed E-state index contributed by atoms with van der Waals surface area (Å²) >= 11 is 0. The van der Waals surface area contributed by atoms with Gasteiger partial charge in [0.15, 0.2) is 0 Å². The molecule has 0 amide bonds. The first-order valence-electron chi connectivity index (χ1n) is 10.3. The first-order valence-corrected chi connectivity index (χ1v) is 10.3. The van der Waals surface area contributed by atoms with Crippen molar-refractivity contribution >= 4 is 11.0 Å². The van der Waals surface area contributed by atoms with Crippen molar-refractivity contribution in [2.75, 3.05) is 26.2 Å². The Balaban J connectivity index is 1.40. The van der Waals surface area contributed by atoms with E-state index in [1.165, 1.54) is 29.7 Å². The summed E-state index contributed by atoms with van der Waals surface area (Å²) in [4.78, 5) is 10.1. The highest BCUT2D eigenvalue weighted by Gasteiger charge is 2.19. The predicted molar refractivity (Wildman–Crippen MR) is 112 cm³/mol. The van der Waals surface area contributed by atoms with Crippen molar-refractivity contribution in [3.63, 3.8) is 0 Å². The molecule has 0 radical (unpaired) electrons. The van der Waals surface area contributed by atoms with Crippen LogP contribution in [-0.4, -0.2) is 45.5 Å². The molecule has 2 heterocycles. The molecule has 2 aromatic carbocycles. The van der Waals surface area contributed by atoms with Crippen molar-refractivity contribution in [1.29, 1.82) is 0 Å². The van der Waals surface area contributed by atoms with E-state index in [2.05, 4.69) is 75.9 Å². The molecule has 4 nitrogen and oxygen atoms in total. The summed E-state index contributed by atoms with van der Waals surface area (Å²) in [6.07, 6.45) is 2.42. The Kier molecular flexibility index (Phi) is 5.85. The number of aromatic nitrogens is 2. The van der Waals surface area contributed by atoms with Crippen LogP contribution in [0.2, 0.25) is 0 Å². The van der Waals surface area contributed by atoms with Crippen LogP contribution in [0.25, 0.3) is 11.0 Å². The van der Waals surface area contributed by atoms with Crippen LogP contribution in [0, 0.1) is 0 Å². The van der Waals surface area contributed by atoms with Gasteiger partial charge in [0.1, 0.15) is 5.82 Å². The topological polar surface area (TPSA) is 24.3 Å². The van der Waals surface area contributed by atoms with Crippen molar-refractivity contribution in [1.82, 2.24) is 19.4 Å². The van der Waals surface area contributed by atoms with Gasteiger partial charge in [-0.1, -0.05) is 55.8 Å². The van der Waals surface area contributed by atoms with E-state index in [9.17, 15) is 0 Å². The normalized spacial score (nSPS) is 16.2. The second-order valence-electron chi connectivity index (χ2n) is 7.56. The third kappa shape index (κ3) is 4.40. The number of hydrogen-bond acceptors (Lipinski definition) is 3. The second-order valence-corrected chi connectivity index (χ2v) is 7.56. The van der Waals surface area contributed by atoms with Gasteiger partial charge in [0.05, 0.1) is 17.6 Å². The molecule has 3 aromatic rings. The van der Waals surface area contributed by atoms with Gasteiger partial charge in [-0.3, -0.25) is 9.80 Å². The van der Waals surface area contributed by atoms with Gasteiger partial charge in [-0.15, -0.1) is 0 Å². The quantitative estimate of drug-likeness (QED) is 0.631. The number of nitrogens with zero attached hydrogens (tertiary/aromatic N) is 4. The molecule has 1 aliphatic rings. The number of piperazine rings is 1. The Hall–Kier alpha value is -2.17. The molecule has 0 unspecified atom stereocenters. The monoisotopic (exact) mass is 362 g/mol. The van der Waals surface area contributed by atoms with Gasteiger partial charge < -0.3 is 4.57 Å². The summed E-state index contributed by atoms with van der Waals surface area (Å²) in [7, 11) is 0. The summed E-state index contributed by atoms with van der Waals surface area (Å²) in [6.45, 7) is 9.83. The first-order chi connectivity index (χ1) is 13.3. The lowest BCUT2D eigenvalue weighted by molar-refractivity contribution is 0.119. The van der Waals surface area contributed by atoms with E-state index in [1.807, 2.05) is 0 Å². The van der Waals surface area contributed by atoms with Crippen LogP contribution in [0.1, 0.15) is 31.2 Å². The second kappa shape index (κ2) is 8.68. The lowest BCUT2D eigenvalue weighted by atomic mass is 10.2. The maximum atomic E-state index is 4.95. The fourth-order valence-corrected chi connectivity index (χ4v) is 3.96. The van der Waals surface area contributed by atoms with E-state index in [1.54, 1.807) is 0 Å². The van der Waals surface area contributed by atoms with Gasteiger partial charge >= 0.3 is 0 Å². The van der Waals surface area contributed by atoms with E-state index in [-0.39, 0.29) is 0 Å². The Morgan fingerprint density at radius 3 is 2.22 bits per heavy atom. The predicted octanol–water partition coefficient (Wildman–Crippen LogP) is 4.15. The van der Waals surface area contributed by atoms with Crippen molar-refractivity contribution < 1.29 is 0 Å². The van der Waals surface area contributed by atoms with Crippen molar-refractivity contribution in [3.8, 4) is 0 Å². The highest BCUT2D eigenvalue weighted by atomic mass is 15.3. The molecular formula is C23H30N4. The summed E-state index contributed by atoms with van der Waals surface area (Å²) in [6, 6.07) is 19.4. The number of aryl methyl sites for hydroxylation is 1. The zero-order chi connectivity index (χ0) is 18.5. The van der Waals surface area contributed by atoms with Gasteiger partial charge in [-0.2, -0.15) is 0 Å². The molecule has 0 aliphatic carbocycles. The van der Waals surface area contributed by atoms with Gasteiger partial charge in [-0.05, 0) is 24.1 Å². The summed E-state index contributed by atoms with van der Waals surface area (Å²) in [5.41, 5.74) is 3.82. The molecule has 1 aliphatic heterocycles. The molecule has 27 heavy (non-hydrogen) atoms. The van der Waals surface area contributed by atoms with Crippen LogP contribution in [-0.2, 0) is 19.6 Å². The number of fused-ring (bicyclic) bond motifs is 1. The summed E-state index contributed by atoms with van der Waals surface area (Å²) in [5, 5.41) is 0.